The van der Waals surface area contributed by atoms with E-state index in [1.54, 1.807) is 0 Å². The van der Waals surface area contributed by atoms with Crippen LogP contribution >= 0.6 is 0 Å². The lowest BCUT2D eigenvalue weighted by molar-refractivity contribution is 0.766. The number of anilines is 1. The van der Waals surface area contributed by atoms with E-state index in [9.17, 15) is 0 Å². The van der Waals surface area contributed by atoms with E-state index in [1.807, 2.05) is 18.2 Å². The average molecular weight is 162 g/mol. The van der Waals surface area contributed by atoms with Crippen molar-refractivity contribution in [3.63, 3.8) is 0 Å². The van der Waals surface area contributed by atoms with Crippen LogP contribution in [0.5, 0.6) is 0 Å². The second-order valence-electron chi connectivity index (χ2n) is 3.02. The molecule has 1 aromatic carbocycles. The Morgan fingerprint density at radius 2 is 2.25 bits per heavy atom. The molecule has 0 unspecified atom stereocenters. The summed E-state index contributed by atoms with van der Waals surface area (Å²) in [6, 6.07) is 11.3. The number of benzene rings is 1. The summed E-state index contributed by atoms with van der Waals surface area (Å²) in [5.74, 6) is 0. The van der Waals surface area contributed by atoms with Gasteiger partial charge >= 0.3 is 0 Å². The predicted octanol–water partition coefficient (Wildman–Crippen LogP) is 2.72. The van der Waals surface area contributed by atoms with E-state index in [0.717, 1.165) is 6.54 Å². The fraction of sp³-hybridized carbons (Fsp3) is 0.455. The van der Waals surface area contributed by atoms with Gasteiger partial charge in [-0.2, -0.15) is 0 Å². The van der Waals surface area contributed by atoms with Crippen LogP contribution in [0.3, 0.4) is 0 Å². The van der Waals surface area contributed by atoms with Crippen molar-refractivity contribution >= 4 is 5.69 Å². The minimum absolute atomic E-state index is 1.12. The second-order valence-corrected chi connectivity index (χ2v) is 3.02. The molecule has 0 saturated carbocycles. The summed E-state index contributed by atoms with van der Waals surface area (Å²) in [6.45, 7) is 3.33. The summed E-state index contributed by atoms with van der Waals surface area (Å²) in [7, 11) is 2.11. The maximum atomic E-state index is 3.20. The third-order valence-electron chi connectivity index (χ3n) is 1.95. The molecular formula is C11H16N. The molecule has 1 nitrogen and oxygen atoms in total. The Bertz CT molecular complexity index is 206. The first-order valence-corrected chi connectivity index (χ1v) is 4.52. The third-order valence-corrected chi connectivity index (χ3v) is 1.95. The Kier molecular flexibility index (Phi) is 3.65. The number of nitrogens with zero attached hydrogens (tertiary/aromatic N) is 1. The van der Waals surface area contributed by atoms with Gasteiger partial charge < -0.3 is 4.90 Å². The van der Waals surface area contributed by atoms with Crippen LogP contribution in [0.4, 0.5) is 5.69 Å². The molecule has 12 heavy (non-hydrogen) atoms. The molecule has 1 rings (SSSR count). The second kappa shape index (κ2) is 4.81. The molecule has 65 valence electrons. The van der Waals surface area contributed by atoms with Crippen molar-refractivity contribution in [3.8, 4) is 0 Å². The highest BCUT2D eigenvalue weighted by Gasteiger charge is 1.97. The van der Waals surface area contributed by atoms with Gasteiger partial charge in [-0.25, -0.2) is 0 Å². The van der Waals surface area contributed by atoms with Crippen LogP contribution in [-0.2, 0) is 0 Å². The molecule has 0 heterocycles. The molecule has 0 fully saturated rings. The molecule has 0 N–H and O–H groups in total. The first-order valence-electron chi connectivity index (χ1n) is 4.52. The van der Waals surface area contributed by atoms with Crippen molar-refractivity contribution in [1.29, 1.82) is 0 Å². The zero-order chi connectivity index (χ0) is 8.81. The predicted molar refractivity (Wildman–Crippen MR) is 53.5 cm³/mol. The molecule has 0 aromatic heterocycles. The molecule has 0 atom stereocenters. The number of unbranched alkanes of at least 4 members (excludes halogenated alkanes) is 1. The smallest absolute Gasteiger partial charge is 0.0444 e. The minimum atomic E-state index is 1.12. The van der Waals surface area contributed by atoms with Crippen LogP contribution in [0.2, 0.25) is 0 Å². The van der Waals surface area contributed by atoms with Crippen molar-refractivity contribution in [1.82, 2.24) is 0 Å². The van der Waals surface area contributed by atoms with E-state index < -0.39 is 0 Å². The molecule has 0 aliphatic carbocycles. The van der Waals surface area contributed by atoms with Gasteiger partial charge in [0.15, 0.2) is 0 Å². The maximum absolute atomic E-state index is 3.20. The van der Waals surface area contributed by atoms with E-state index in [1.165, 1.54) is 18.5 Å². The zero-order valence-electron chi connectivity index (χ0n) is 7.88. The van der Waals surface area contributed by atoms with Gasteiger partial charge in [0.05, 0.1) is 0 Å². The van der Waals surface area contributed by atoms with Crippen LogP contribution < -0.4 is 4.90 Å². The summed E-state index contributed by atoms with van der Waals surface area (Å²) in [5.41, 5.74) is 1.19. The average Bonchev–Trinajstić information content (AvgIpc) is 2.15. The Balaban J connectivity index is 2.48. The van der Waals surface area contributed by atoms with E-state index in [-0.39, 0.29) is 0 Å². The van der Waals surface area contributed by atoms with Gasteiger partial charge in [0.1, 0.15) is 0 Å². The van der Waals surface area contributed by atoms with E-state index in [2.05, 4.69) is 31.0 Å². The Morgan fingerprint density at radius 3 is 2.83 bits per heavy atom. The summed E-state index contributed by atoms with van der Waals surface area (Å²) < 4.78 is 0. The Hall–Kier alpha value is -0.980. The first-order chi connectivity index (χ1) is 5.84. The fourth-order valence-electron chi connectivity index (χ4n) is 1.14. The number of para-hydroxylation sites is 1. The molecule has 1 aromatic rings. The molecular weight excluding hydrogens is 146 g/mol. The molecule has 0 aliphatic rings. The maximum Gasteiger partial charge on any atom is 0.0444 e. The minimum Gasteiger partial charge on any atom is -0.374 e. The topological polar surface area (TPSA) is 3.24 Å². The Morgan fingerprint density at radius 1 is 1.42 bits per heavy atom. The summed E-state index contributed by atoms with van der Waals surface area (Å²) >= 11 is 0. The SMILES string of the molecule is CCCCN(C)c1[c]cccc1. The lowest BCUT2D eigenvalue weighted by Crippen LogP contribution is -2.17. The van der Waals surface area contributed by atoms with Crippen LogP contribution in [0, 0.1) is 6.07 Å². The van der Waals surface area contributed by atoms with Crippen molar-refractivity contribution in [2.24, 2.45) is 0 Å². The van der Waals surface area contributed by atoms with Crippen molar-refractivity contribution < 1.29 is 0 Å². The monoisotopic (exact) mass is 162 g/mol. The number of rotatable bonds is 4. The van der Waals surface area contributed by atoms with Gasteiger partial charge in [-0.05, 0) is 12.5 Å². The summed E-state index contributed by atoms with van der Waals surface area (Å²) in [6.07, 6.45) is 2.50. The molecule has 0 amide bonds. The van der Waals surface area contributed by atoms with Crippen molar-refractivity contribution in [2.75, 3.05) is 18.5 Å². The normalized spacial score (nSPS) is 9.83. The molecule has 0 saturated heterocycles. The van der Waals surface area contributed by atoms with Gasteiger partial charge in [0.25, 0.3) is 0 Å². The van der Waals surface area contributed by atoms with E-state index in [0.29, 0.717) is 0 Å². The lowest BCUT2D eigenvalue weighted by Gasteiger charge is -2.17. The quantitative estimate of drug-likeness (QED) is 0.658. The molecule has 0 spiro atoms. The van der Waals surface area contributed by atoms with Crippen LogP contribution in [0.15, 0.2) is 24.3 Å². The molecule has 1 heteroatoms. The van der Waals surface area contributed by atoms with E-state index in [4.69, 9.17) is 0 Å². The lowest BCUT2D eigenvalue weighted by atomic mass is 10.2. The zero-order valence-corrected chi connectivity index (χ0v) is 7.88. The van der Waals surface area contributed by atoms with Gasteiger partial charge in [0.2, 0.25) is 0 Å². The first kappa shape index (κ1) is 9.11. The van der Waals surface area contributed by atoms with Gasteiger partial charge in [-0.1, -0.05) is 31.5 Å². The van der Waals surface area contributed by atoms with Crippen LogP contribution in [-0.4, -0.2) is 13.6 Å². The van der Waals surface area contributed by atoms with Crippen LogP contribution in [0.1, 0.15) is 19.8 Å². The van der Waals surface area contributed by atoms with Crippen molar-refractivity contribution in [2.45, 2.75) is 19.8 Å². The van der Waals surface area contributed by atoms with Crippen molar-refractivity contribution in [3.05, 3.63) is 30.3 Å². The third kappa shape index (κ3) is 2.57. The van der Waals surface area contributed by atoms with Crippen LogP contribution in [0.25, 0.3) is 0 Å². The Labute approximate surface area is 75.0 Å². The fourth-order valence-corrected chi connectivity index (χ4v) is 1.14. The van der Waals surface area contributed by atoms with Gasteiger partial charge in [0, 0.05) is 25.3 Å². The molecule has 1 radical (unpaired) electrons. The molecule has 0 bridgehead atoms. The van der Waals surface area contributed by atoms with E-state index >= 15 is 0 Å². The van der Waals surface area contributed by atoms with Gasteiger partial charge in [-0.15, -0.1) is 0 Å². The highest BCUT2D eigenvalue weighted by atomic mass is 15.1. The highest BCUT2D eigenvalue weighted by Crippen LogP contribution is 2.10. The summed E-state index contributed by atoms with van der Waals surface area (Å²) in [4.78, 5) is 2.24. The number of hydrogen-bond donors (Lipinski definition) is 0. The molecule has 0 aliphatic heterocycles. The van der Waals surface area contributed by atoms with Gasteiger partial charge in [-0.3, -0.25) is 0 Å². The largest absolute Gasteiger partial charge is 0.374 e. The number of hydrogen-bond acceptors (Lipinski definition) is 1. The summed E-state index contributed by atoms with van der Waals surface area (Å²) in [5, 5.41) is 0. The highest BCUT2D eigenvalue weighted by molar-refractivity contribution is 5.43. The standard InChI is InChI=1S/C11H16N/c1-3-4-10-12(2)11-8-6-5-7-9-11/h5-8H,3-4,10H2,1-2H3.